The van der Waals surface area contributed by atoms with Crippen LogP contribution in [0.3, 0.4) is 0 Å². The fourth-order valence-electron chi connectivity index (χ4n) is 1.88. The maximum atomic E-state index is 12.0. The maximum absolute atomic E-state index is 12.0. The Morgan fingerprint density at radius 3 is 2.68 bits per heavy atom. The van der Waals surface area contributed by atoms with E-state index in [1.165, 1.54) is 6.20 Å². The summed E-state index contributed by atoms with van der Waals surface area (Å²) < 4.78 is 27.8. The van der Waals surface area contributed by atoms with E-state index in [0.29, 0.717) is 18.3 Å². The Kier molecular flexibility index (Phi) is 6.36. The second-order valence-electron chi connectivity index (χ2n) is 5.37. The van der Waals surface area contributed by atoms with Crippen LogP contribution in [0.25, 0.3) is 0 Å². The Hall–Kier alpha value is -1.16. The molecule has 1 unspecified atom stereocenters. The van der Waals surface area contributed by atoms with Crippen LogP contribution in [0.4, 0.5) is 0 Å². The van der Waals surface area contributed by atoms with E-state index < -0.39 is 15.9 Å². The summed E-state index contributed by atoms with van der Waals surface area (Å²) in [7, 11) is -2.07. The number of carbonyl (C=O) groups is 1. The van der Waals surface area contributed by atoms with Gasteiger partial charge in [-0.15, -0.1) is 12.4 Å². The number of aryl methyl sites for hydroxylation is 2. The van der Waals surface area contributed by atoms with E-state index in [2.05, 4.69) is 15.0 Å². The molecule has 1 aromatic rings. The maximum Gasteiger partial charge on any atom is 0.260 e. The molecule has 0 spiro atoms. The van der Waals surface area contributed by atoms with Crippen molar-refractivity contribution in [2.24, 2.45) is 18.7 Å². The van der Waals surface area contributed by atoms with Gasteiger partial charge in [0, 0.05) is 25.8 Å². The van der Waals surface area contributed by atoms with Crippen LogP contribution in [0, 0.1) is 12.8 Å². The molecule has 0 aromatic carbocycles. The average molecular weight is 352 g/mol. The number of nitrogens with zero attached hydrogens (tertiary/aromatic N) is 2. The molecule has 0 radical (unpaired) electrons. The van der Waals surface area contributed by atoms with Crippen LogP contribution in [-0.2, 0) is 21.9 Å². The van der Waals surface area contributed by atoms with Crippen molar-refractivity contribution in [3.8, 4) is 0 Å². The van der Waals surface area contributed by atoms with Gasteiger partial charge in [0.25, 0.3) is 10.0 Å². The van der Waals surface area contributed by atoms with E-state index in [9.17, 15) is 13.2 Å². The topological polar surface area (TPSA) is 119 Å². The van der Waals surface area contributed by atoms with Crippen LogP contribution >= 0.6 is 12.4 Å². The van der Waals surface area contributed by atoms with Crippen molar-refractivity contribution >= 4 is 28.3 Å². The first-order chi connectivity index (χ1) is 9.79. The molecular formula is C12H22ClN5O3S. The van der Waals surface area contributed by atoms with Crippen molar-refractivity contribution < 1.29 is 13.2 Å². The zero-order chi connectivity index (χ0) is 15.6. The van der Waals surface area contributed by atoms with E-state index in [0.717, 1.165) is 12.8 Å². The molecule has 10 heteroatoms. The van der Waals surface area contributed by atoms with Gasteiger partial charge < -0.3 is 15.6 Å². The fraction of sp³-hybridized carbons (Fsp3) is 0.667. The fourth-order valence-corrected chi connectivity index (χ4v) is 2.89. The second-order valence-corrected chi connectivity index (χ2v) is 7.08. The number of halogens is 1. The highest BCUT2D eigenvalue weighted by atomic mass is 35.5. The summed E-state index contributed by atoms with van der Waals surface area (Å²) in [5, 5.41) is 2.54. The first-order valence-corrected chi connectivity index (χ1v) is 8.30. The number of carbonyl (C=O) groups excluding carboxylic acids is 1. The highest BCUT2D eigenvalue weighted by Gasteiger charge is 2.28. The zero-order valence-corrected chi connectivity index (χ0v) is 14.2. The largest absolute Gasteiger partial charge is 0.353 e. The molecule has 1 aliphatic carbocycles. The van der Waals surface area contributed by atoms with Crippen molar-refractivity contribution in [3.05, 3.63) is 12.0 Å². The van der Waals surface area contributed by atoms with Gasteiger partial charge in [-0.2, -0.15) is 0 Å². The van der Waals surface area contributed by atoms with E-state index in [1.807, 2.05) is 0 Å². The van der Waals surface area contributed by atoms with Gasteiger partial charge in [0.2, 0.25) is 5.91 Å². The van der Waals surface area contributed by atoms with Gasteiger partial charge in [0.1, 0.15) is 5.82 Å². The van der Waals surface area contributed by atoms with Crippen molar-refractivity contribution in [2.75, 3.05) is 13.1 Å². The number of sulfonamides is 1. The monoisotopic (exact) mass is 351 g/mol. The molecule has 22 heavy (non-hydrogen) atoms. The van der Waals surface area contributed by atoms with Crippen molar-refractivity contribution in [2.45, 2.75) is 30.8 Å². The smallest absolute Gasteiger partial charge is 0.260 e. The molecule has 1 saturated carbocycles. The molecular weight excluding hydrogens is 330 g/mol. The summed E-state index contributed by atoms with van der Waals surface area (Å²) in [6, 6.07) is -0.0519. The number of hydrogen-bond acceptors (Lipinski definition) is 5. The van der Waals surface area contributed by atoms with Gasteiger partial charge in [0.05, 0.1) is 6.54 Å². The predicted octanol–water partition coefficient (Wildman–Crippen LogP) is -0.718. The molecule has 1 atom stereocenters. The van der Waals surface area contributed by atoms with Crippen molar-refractivity contribution in [1.82, 2.24) is 19.6 Å². The van der Waals surface area contributed by atoms with Crippen LogP contribution in [-0.4, -0.2) is 43.0 Å². The minimum absolute atomic E-state index is 0. The predicted molar refractivity (Wildman–Crippen MR) is 84.1 cm³/mol. The molecule has 0 bridgehead atoms. The molecule has 1 heterocycles. The number of aromatic nitrogens is 2. The molecule has 1 fully saturated rings. The minimum Gasteiger partial charge on any atom is -0.353 e. The Morgan fingerprint density at radius 2 is 2.18 bits per heavy atom. The number of nitrogens with one attached hydrogen (secondary N) is 2. The van der Waals surface area contributed by atoms with E-state index in [1.54, 1.807) is 18.5 Å². The van der Waals surface area contributed by atoms with Gasteiger partial charge in [-0.1, -0.05) is 0 Å². The lowest BCUT2D eigenvalue weighted by Crippen LogP contribution is -2.43. The SMILES string of the molecule is Cc1nc(S(=O)(=O)NCC(=O)NCC(N)C2CC2)cn1C.Cl. The van der Waals surface area contributed by atoms with Crippen LogP contribution in [0.1, 0.15) is 18.7 Å². The van der Waals surface area contributed by atoms with Gasteiger partial charge in [-0.05, 0) is 25.7 Å². The molecule has 0 saturated heterocycles. The lowest BCUT2D eigenvalue weighted by Gasteiger charge is -2.11. The summed E-state index contributed by atoms with van der Waals surface area (Å²) in [5.74, 6) is 0.663. The van der Waals surface area contributed by atoms with Gasteiger partial charge >= 0.3 is 0 Å². The summed E-state index contributed by atoms with van der Waals surface area (Å²) in [4.78, 5) is 15.5. The number of imidazole rings is 1. The first kappa shape index (κ1) is 18.9. The molecule has 8 nitrogen and oxygen atoms in total. The summed E-state index contributed by atoms with van der Waals surface area (Å²) >= 11 is 0. The number of amides is 1. The van der Waals surface area contributed by atoms with Crippen LogP contribution in [0.15, 0.2) is 11.2 Å². The molecule has 2 rings (SSSR count). The van der Waals surface area contributed by atoms with Crippen LogP contribution in [0.2, 0.25) is 0 Å². The first-order valence-electron chi connectivity index (χ1n) is 6.81. The molecule has 1 aromatic heterocycles. The highest BCUT2D eigenvalue weighted by molar-refractivity contribution is 7.89. The lowest BCUT2D eigenvalue weighted by molar-refractivity contribution is -0.120. The molecule has 0 aliphatic heterocycles. The normalized spacial score (nSPS) is 16.0. The standard InChI is InChI=1S/C12H21N5O3S.ClH/c1-8-16-12(7-17(8)2)21(19,20)15-6-11(18)14-5-10(13)9-3-4-9;/h7,9-10,15H,3-6,13H2,1-2H3,(H,14,18);1H. The number of rotatable bonds is 7. The summed E-state index contributed by atoms with van der Waals surface area (Å²) in [5.41, 5.74) is 5.85. The third-order valence-electron chi connectivity index (χ3n) is 3.55. The quantitative estimate of drug-likeness (QED) is 0.599. The lowest BCUT2D eigenvalue weighted by atomic mass is 10.2. The summed E-state index contributed by atoms with van der Waals surface area (Å²) in [6.07, 6.45) is 3.60. The van der Waals surface area contributed by atoms with Gasteiger partial charge in [-0.25, -0.2) is 18.1 Å². The third-order valence-corrected chi connectivity index (χ3v) is 4.82. The highest BCUT2D eigenvalue weighted by Crippen LogP contribution is 2.31. The molecule has 1 amide bonds. The third kappa shape index (κ3) is 4.94. The minimum atomic E-state index is -3.77. The van der Waals surface area contributed by atoms with E-state index in [4.69, 9.17) is 5.73 Å². The molecule has 4 N–H and O–H groups in total. The Balaban J connectivity index is 0.00000242. The number of nitrogens with two attached hydrogens (primary N) is 1. The van der Waals surface area contributed by atoms with Crippen molar-refractivity contribution in [1.29, 1.82) is 0 Å². The number of hydrogen-bond donors (Lipinski definition) is 3. The second kappa shape index (κ2) is 7.40. The van der Waals surface area contributed by atoms with Gasteiger partial charge in [0.15, 0.2) is 5.03 Å². The Morgan fingerprint density at radius 1 is 1.55 bits per heavy atom. The zero-order valence-electron chi connectivity index (χ0n) is 12.6. The van der Waals surface area contributed by atoms with Crippen LogP contribution in [0.5, 0.6) is 0 Å². The van der Waals surface area contributed by atoms with Gasteiger partial charge in [-0.3, -0.25) is 4.79 Å². The summed E-state index contributed by atoms with van der Waals surface area (Å²) in [6.45, 7) is 1.74. The Labute approximate surface area is 136 Å². The molecule has 126 valence electrons. The molecule has 1 aliphatic rings. The Bertz CT molecular complexity index is 607. The van der Waals surface area contributed by atoms with E-state index in [-0.39, 0.29) is 30.0 Å². The van der Waals surface area contributed by atoms with Crippen LogP contribution < -0.4 is 15.8 Å². The van der Waals surface area contributed by atoms with Crippen molar-refractivity contribution in [3.63, 3.8) is 0 Å². The average Bonchev–Trinajstić information content (AvgIpc) is 3.21. The van der Waals surface area contributed by atoms with E-state index >= 15 is 0 Å².